The monoisotopic (exact) mass is 609 g/mol. The Hall–Kier alpha value is -4.06. The minimum absolute atomic E-state index is 0.0147. The van der Waals surface area contributed by atoms with Crippen molar-refractivity contribution in [1.29, 1.82) is 0 Å². The van der Waals surface area contributed by atoms with Crippen molar-refractivity contribution in [2.75, 3.05) is 39.4 Å². The normalized spacial score (nSPS) is 17.6. The van der Waals surface area contributed by atoms with E-state index in [1.807, 2.05) is 30.3 Å². The molecule has 0 bridgehead atoms. The van der Waals surface area contributed by atoms with Crippen molar-refractivity contribution in [3.05, 3.63) is 47.8 Å². The predicted octanol–water partition coefficient (Wildman–Crippen LogP) is 3.39. The lowest BCUT2D eigenvalue weighted by molar-refractivity contribution is -0.155. The molecule has 0 radical (unpaired) electrons. The van der Waals surface area contributed by atoms with Crippen LogP contribution in [0, 0.1) is 0 Å². The van der Waals surface area contributed by atoms with Gasteiger partial charge in [0.25, 0.3) is 5.91 Å². The molecule has 2 saturated heterocycles. The number of carbonyl (C=O) groups is 4. The molecule has 1 aromatic carbocycles. The van der Waals surface area contributed by atoms with Crippen LogP contribution in [0.5, 0.6) is 0 Å². The van der Waals surface area contributed by atoms with Crippen LogP contribution in [0.15, 0.2) is 36.4 Å². The first kappa shape index (κ1) is 32.8. The van der Waals surface area contributed by atoms with Crippen molar-refractivity contribution in [1.82, 2.24) is 25.1 Å². The van der Waals surface area contributed by atoms with Crippen molar-refractivity contribution < 1.29 is 33.4 Å². The Kier molecular flexibility index (Phi) is 11.3. The lowest BCUT2D eigenvalue weighted by Gasteiger charge is -2.36. The molecule has 3 amide bonds. The summed E-state index contributed by atoms with van der Waals surface area (Å²) in [4.78, 5) is 64.5. The van der Waals surface area contributed by atoms with Gasteiger partial charge in [-0.1, -0.05) is 30.3 Å². The molecule has 44 heavy (non-hydrogen) atoms. The smallest absolute Gasteiger partial charge is 0.409 e. The second-order valence-electron chi connectivity index (χ2n) is 11.9. The first-order chi connectivity index (χ1) is 21.0. The number of hydrogen-bond acceptors (Lipinski definition) is 9. The number of nitrogens with zero attached hydrogens (tertiary/aromatic N) is 4. The molecular weight excluding hydrogens is 566 g/mol. The van der Waals surface area contributed by atoms with Crippen LogP contribution in [0.3, 0.4) is 0 Å². The van der Waals surface area contributed by atoms with E-state index in [2.05, 4.69) is 10.3 Å². The number of aromatic nitrogens is 2. The number of esters is 1. The van der Waals surface area contributed by atoms with Crippen LogP contribution < -0.4 is 5.32 Å². The van der Waals surface area contributed by atoms with Crippen LogP contribution in [-0.4, -0.2) is 101 Å². The lowest BCUT2D eigenvalue weighted by Crippen LogP contribution is -2.56. The maximum Gasteiger partial charge on any atom is 0.409 e. The maximum absolute atomic E-state index is 13.7. The quantitative estimate of drug-likeness (QED) is 0.402. The molecular formula is C32H43N5O7. The summed E-state index contributed by atoms with van der Waals surface area (Å²) in [5, 5.41) is 2.84. The number of piperazine rings is 1. The molecule has 0 aliphatic carbocycles. The Labute approximate surface area is 258 Å². The average Bonchev–Trinajstić information content (AvgIpc) is 3.51. The molecule has 238 valence electrons. The van der Waals surface area contributed by atoms with Gasteiger partial charge in [-0.2, -0.15) is 0 Å². The first-order valence-electron chi connectivity index (χ1n) is 15.3. The zero-order valence-corrected chi connectivity index (χ0v) is 26.0. The molecule has 4 rings (SSSR count). The average molecular weight is 610 g/mol. The highest BCUT2D eigenvalue weighted by molar-refractivity contribution is 5.96. The molecule has 2 aliphatic rings. The van der Waals surface area contributed by atoms with Gasteiger partial charge in [0, 0.05) is 56.9 Å². The highest BCUT2D eigenvalue weighted by Crippen LogP contribution is 2.21. The molecule has 1 aromatic heterocycles. The Morgan fingerprint density at radius 3 is 2.39 bits per heavy atom. The summed E-state index contributed by atoms with van der Waals surface area (Å²) in [5.74, 6) is -0.963. The summed E-state index contributed by atoms with van der Waals surface area (Å²) in [6, 6.07) is 10.0. The van der Waals surface area contributed by atoms with Gasteiger partial charge >= 0.3 is 12.1 Å². The van der Waals surface area contributed by atoms with E-state index in [0.717, 1.165) is 18.4 Å². The molecule has 1 unspecified atom stereocenters. The number of hydrogen-bond donors (Lipinski definition) is 1. The molecule has 2 aliphatic heterocycles. The van der Waals surface area contributed by atoms with E-state index in [9.17, 15) is 19.2 Å². The number of nitrogens with one attached hydrogen (secondary N) is 1. The van der Waals surface area contributed by atoms with Gasteiger partial charge in [0.1, 0.15) is 17.3 Å². The zero-order valence-electron chi connectivity index (χ0n) is 26.0. The van der Waals surface area contributed by atoms with Crippen molar-refractivity contribution in [3.8, 4) is 11.4 Å². The third-order valence-electron chi connectivity index (χ3n) is 7.28. The van der Waals surface area contributed by atoms with Crippen LogP contribution >= 0.6 is 0 Å². The van der Waals surface area contributed by atoms with Crippen molar-refractivity contribution in [3.63, 3.8) is 0 Å². The number of benzene rings is 1. The summed E-state index contributed by atoms with van der Waals surface area (Å²) >= 11 is 0. The van der Waals surface area contributed by atoms with E-state index in [1.54, 1.807) is 43.6 Å². The molecule has 2 aromatic rings. The fourth-order valence-electron chi connectivity index (χ4n) is 5.16. The Morgan fingerprint density at radius 1 is 1.05 bits per heavy atom. The summed E-state index contributed by atoms with van der Waals surface area (Å²) < 4.78 is 16.3. The second-order valence-corrected chi connectivity index (χ2v) is 11.9. The Bertz CT molecular complexity index is 1300. The molecule has 12 heteroatoms. The molecule has 0 saturated carbocycles. The van der Waals surface area contributed by atoms with Crippen molar-refractivity contribution in [2.45, 2.75) is 77.5 Å². The van der Waals surface area contributed by atoms with Gasteiger partial charge in [-0.25, -0.2) is 14.8 Å². The topological polar surface area (TPSA) is 140 Å². The summed E-state index contributed by atoms with van der Waals surface area (Å²) in [5.41, 5.74) is 0.863. The first-order valence-corrected chi connectivity index (χ1v) is 15.3. The molecule has 1 N–H and O–H groups in total. The maximum atomic E-state index is 13.7. The highest BCUT2D eigenvalue weighted by Gasteiger charge is 2.32. The largest absolute Gasteiger partial charge is 0.460 e. The summed E-state index contributed by atoms with van der Waals surface area (Å²) in [7, 11) is 0. The van der Waals surface area contributed by atoms with Crippen LogP contribution in [0.1, 0.15) is 69.6 Å². The van der Waals surface area contributed by atoms with Crippen molar-refractivity contribution >= 4 is 23.9 Å². The van der Waals surface area contributed by atoms with Gasteiger partial charge in [-0.15, -0.1) is 0 Å². The molecule has 3 heterocycles. The fourth-order valence-corrected chi connectivity index (χ4v) is 5.16. The number of rotatable bonds is 10. The van der Waals surface area contributed by atoms with E-state index in [-0.39, 0.29) is 50.2 Å². The molecule has 0 spiro atoms. The van der Waals surface area contributed by atoms with E-state index in [4.69, 9.17) is 19.2 Å². The van der Waals surface area contributed by atoms with Crippen LogP contribution in [0.4, 0.5) is 4.79 Å². The van der Waals surface area contributed by atoms with E-state index >= 15 is 0 Å². The molecule has 12 nitrogen and oxygen atoms in total. The summed E-state index contributed by atoms with van der Waals surface area (Å²) in [6.07, 6.45) is 1.99. The number of carbonyl (C=O) groups excluding carboxylic acids is 4. The zero-order chi connectivity index (χ0) is 31.7. The molecule has 2 atom stereocenters. The third kappa shape index (κ3) is 9.47. The van der Waals surface area contributed by atoms with Gasteiger partial charge in [-0.3, -0.25) is 14.4 Å². The van der Waals surface area contributed by atoms with Crippen LogP contribution in [0.25, 0.3) is 11.4 Å². The lowest BCUT2D eigenvalue weighted by atomic mass is 10.1. The Morgan fingerprint density at radius 2 is 1.75 bits per heavy atom. The standard InChI is InChI=1S/C32H43N5O7/c1-5-42-31(41)37-17-15-36(16-18-37)30(40)25(13-14-27(38)44-32(2,3)4)35-29(39)26-21-23(20-24-12-9-19-43-24)33-28(34-26)22-10-7-6-8-11-22/h6-8,10-11,21,24-25H,5,9,12-20H2,1-4H3,(H,35,39)/t24?,25-/m0/s1. The summed E-state index contributed by atoms with van der Waals surface area (Å²) in [6.45, 7) is 9.16. The van der Waals surface area contributed by atoms with Gasteiger partial charge in [0.05, 0.1) is 12.7 Å². The van der Waals surface area contributed by atoms with Crippen molar-refractivity contribution in [2.24, 2.45) is 0 Å². The van der Waals surface area contributed by atoms with E-state index in [1.165, 1.54) is 0 Å². The minimum Gasteiger partial charge on any atom is -0.460 e. The fraction of sp³-hybridized carbons (Fsp3) is 0.562. The van der Waals surface area contributed by atoms with E-state index in [0.29, 0.717) is 37.6 Å². The third-order valence-corrected chi connectivity index (χ3v) is 7.28. The van der Waals surface area contributed by atoms with Gasteiger partial charge in [-0.05, 0) is 53.0 Å². The SMILES string of the molecule is CCOC(=O)N1CCN(C(=O)[C@H](CCC(=O)OC(C)(C)C)NC(=O)c2cc(CC3CCCO3)nc(-c3ccccc3)n2)CC1. The van der Waals surface area contributed by atoms with Gasteiger partial charge in [0.2, 0.25) is 5.91 Å². The Balaban J connectivity index is 1.54. The molecule has 2 fully saturated rings. The minimum atomic E-state index is -1.01. The second kappa shape index (κ2) is 15.1. The highest BCUT2D eigenvalue weighted by atomic mass is 16.6. The van der Waals surface area contributed by atoms with Crippen LogP contribution in [-0.2, 0) is 30.2 Å². The van der Waals surface area contributed by atoms with Crippen LogP contribution in [0.2, 0.25) is 0 Å². The van der Waals surface area contributed by atoms with Gasteiger partial charge in [0.15, 0.2) is 5.82 Å². The number of amides is 3. The van der Waals surface area contributed by atoms with Gasteiger partial charge < -0.3 is 29.3 Å². The number of ether oxygens (including phenoxy) is 3. The predicted molar refractivity (Wildman–Crippen MR) is 162 cm³/mol. The van der Waals surface area contributed by atoms with E-state index < -0.39 is 29.6 Å².